The Bertz CT molecular complexity index is 1300. The lowest BCUT2D eigenvalue weighted by Crippen LogP contribution is -2.11. The average Bonchev–Trinajstić information content (AvgIpc) is 2.97. The molecule has 0 saturated heterocycles. The topological polar surface area (TPSA) is 57.9 Å². The van der Waals surface area contributed by atoms with E-state index < -0.39 is 5.63 Å². The molecule has 0 aliphatic rings. The molecule has 0 amide bonds. The molecular weight excluding hydrogens is 548 g/mol. The number of ether oxygens (including phenoxy) is 3. The number of allylic oxidation sites excluding steroid dienone is 6. The summed E-state index contributed by atoms with van der Waals surface area (Å²) in [5.41, 5.74) is 4.92. The van der Waals surface area contributed by atoms with Crippen LogP contribution in [0.4, 0.5) is 0 Å². The van der Waals surface area contributed by atoms with Gasteiger partial charge in [0.05, 0.1) is 12.0 Å². The Morgan fingerprint density at radius 3 is 1.80 bits per heavy atom. The standard InChI is InChI=1S/C39H58O5/c1-8-9-10-11-12-13-14-15-27-41-35-24-18-23-34-36(35)44-39(40)38(43-29-26-33(7)22-17-20-31(4)5)37(34)42-28-25-32(6)21-16-19-30(2)3/h18-20,23-26H,8-17,21-22,27-29H2,1-7H3/b32-25+,33-26+. The molecule has 0 fully saturated rings. The van der Waals surface area contributed by atoms with Gasteiger partial charge in [-0.15, -0.1) is 0 Å². The predicted octanol–water partition coefficient (Wildman–Crippen LogP) is 11.5. The molecule has 5 nitrogen and oxygen atoms in total. The second-order valence-electron chi connectivity index (χ2n) is 12.4. The summed E-state index contributed by atoms with van der Waals surface area (Å²) in [5, 5.41) is 0.674. The van der Waals surface area contributed by atoms with Gasteiger partial charge in [-0.2, -0.15) is 0 Å². The molecule has 44 heavy (non-hydrogen) atoms. The van der Waals surface area contributed by atoms with Crippen LogP contribution in [0.15, 0.2) is 74.0 Å². The Kier molecular flexibility index (Phi) is 18.1. The van der Waals surface area contributed by atoms with Crippen LogP contribution in [-0.2, 0) is 0 Å². The van der Waals surface area contributed by atoms with Crippen LogP contribution < -0.4 is 19.8 Å². The van der Waals surface area contributed by atoms with Crippen LogP contribution in [0.2, 0.25) is 0 Å². The Morgan fingerprint density at radius 2 is 1.23 bits per heavy atom. The van der Waals surface area contributed by atoms with Crippen LogP contribution in [-0.4, -0.2) is 19.8 Å². The summed E-state index contributed by atoms with van der Waals surface area (Å²) in [5.74, 6) is 1.06. The van der Waals surface area contributed by atoms with E-state index >= 15 is 0 Å². The minimum Gasteiger partial charge on any atom is -0.490 e. The monoisotopic (exact) mass is 606 g/mol. The number of unbranched alkanes of at least 4 members (excludes halogenated alkanes) is 7. The Labute approximate surface area is 267 Å². The van der Waals surface area contributed by atoms with E-state index in [4.69, 9.17) is 18.6 Å². The first-order valence-electron chi connectivity index (χ1n) is 16.8. The third-order valence-corrected chi connectivity index (χ3v) is 7.57. The third-order valence-electron chi connectivity index (χ3n) is 7.57. The molecule has 0 aliphatic carbocycles. The zero-order chi connectivity index (χ0) is 32.2. The molecule has 0 radical (unpaired) electrons. The van der Waals surface area contributed by atoms with Crippen molar-refractivity contribution in [1.82, 2.24) is 0 Å². The van der Waals surface area contributed by atoms with Crippen LogP contribution >= 0.6 is 0 Å². The predicted molar refractivity (Wildman–Crippen MR) is 186 cm³/mol. The van der Waals surface area contributed by atoms with Gasteiger partial charge in [-0.3, -0.25) is 0 Å². The van der Waals surface area contributed by atoms with Gasteiger partial charge in [-0.25, -0.2) is 4.79 Å². The van der Waals surface area contributed by atoms with Gasteiger partial charge in [0.25, 0.3) is 0 Å². The second-order valence-corrected chi connectivity index (χ2v) is 12.4. The highest BCUT2D eigenvalue weighted by Gasteiger charge is 2.20. The van der Waals surface area contributed by atoms with E-state index in [-0.39, 0.29) is 12.4 Å². The Balaban J connectivity index is 2.20. The summed E-state index contributed by atoms with van der Waals surface area (Å²) < 4.78 is 24.2. The molecule has 244 valence electrons. The van der Waals surface area contributed by atoms with E-state index in [2.05, 4.69) is 66.7 Å². The van der Waals surface area contributed by atoms with Crippen LogP contribution in [0.25, 0.3) is 11.0 Å². The number of rotatable bonds is 22. The van der Waals surface area contributed by atoms with Crippen molar-refractivity contribution in [3.8, 4) is 17.2 Å². The SMILES string of the molecule is CCCCCCCCCCOc1cccc2c(OC/C=C(\C)CCC=C(C)C)c(OC/C=C(\C)CCC=C(C)C)c(=O)oc12. The van der Waals surface area contributed by atoms with Crippen LogP contribution in [0.1, 0.15) is 126 Å². The first-order chi connectivity index (χ1) is 21.2. The van der Waals surface area contributed by atoms with Gasteiger partial charge in [0, 0.05) is 0 Å². The Morgan fingerprint density at radius 1 is 0.682 bits per heavy atom. The average molecular weight is 607 g/mol. The lowest BCUT2D eigenvalue weighted by Gasteiger charge is -2.15. The third kappa shape index (κ3) is 14.5. The number of hydrogen-bond donors (Lipinski definition) is 0. The molecule has 0 N–H and O–H groups in total. The maximum atomic E-state index is 13.3. The first kappa shape index (κ1) is 37.0. The van der Waals surface area contributed by atoms with Gasteiger partial charge < -0.3 is 18.6 Å². The van der Waals surface area contributed by atoms with Crippen molar-refractivity contribution in [3.05, 3.63) is 75.2 Å². The molecule has 5 heteroatoms. The molecule has 1 aromatic heterocycles. The van der Waals surface area contributed by atoms with Gasteiger partial charge in [0.2, 0.25) is 5.75 Å². The number of hydrogen-bond acceptors (Lipinski definition) is 5. The highest BCUT2D eigenvalue weighted by Crippen LogP contribution is 2.37. The van der Waals surface area contributed by atoms with Crippen molar-refractivity contribution in [1.29, 1.82) is 0 Å². The Hall–Kier alpha value is -3.21. The maximum Gasteiger partial charge on any atom is 0.383 e. The minimum atomic E-state index is -0.560. The van der Waals surface area contributed by atoms with E-state index in [1.165, 1.54) is 60.8 Å². The zero-order valence-corrected chi connectivity index (χ0v) is 28.7. The molecule has 0 saturated carbocycles. The maximum absolute atomic E-state index is 13.3. The number of para-hydroxylation sites is 1. The number of fused-ring (bicyclic) bond motifs is 1. The summed E-state index contributed by atoms with van der Waals surface area (Å²) in [6, 6.07) is 5.66. The fourth-order valence-corrected chi connectivity index (χ4v) is 4.87. The number of benzene rings is 1. The summed E-state index contributed by atoms with van der Waals surface area (Å²) in [6.07, 6.45) is 22.3. The van der Waals surface area contributed by atoms with E-state index in [1.54, 1.807) is 0 Å². The van der Waals surface area contributed by atoms with Gasteiger partial charge in [-0.05, 0) is 97.9 Å². The lowest BCUT2D eigenvalue weighted by molar-refractivity contribution is 0.287. The van der Waals surface area contributed by atoms with Gasteiger partial charge in [-0.1, -0.05) is 92.4 Å². The van der Waals surface area contributed by atoms with Crippen molar-refractivity contribution < 1.29 is 18.6 Å². The molecule has 0 aliphatic heterocycles. The normalized spacial score (nSPS) is 11.9. The quantitative estimate of drug-likeness (QED) is 0.0758. The van der Waals surface area contributed by atoms with E-state index in [9.17, 15) is 4.79 Å². The molecule has 0 bridgehead atoms. The van der Waals surface area contributed by atoms with Crippen molar-refractivity contribution in [2.75, 3.05) is 19.8 Å². The molecule has 2 aromatic rings. The fourth-order valence-electron chi connectivity index (χ4n) is 4.87. The molecule has 0 unspecified atom stereocenters. The van der Waals surface area contributed by atoms with Gasteiger partial charge in [0.15, 0.2) is 17.1 Å². The molecule has 0 atom stereocenters. The molecule has 1 aromatic carbocycles. The van der Waals surface area contributed by atoms with E-state index in [0.29, 0.717) is 35.7 Å². The van der Waals surface area contributed by atoms with Crippen molar-refractivity contribution in [2.24, 2.45) is 0 Å². The van der Waals surface area contributed by atoms with E-state index in [1.807, 2.05) is 24.3 Å². The largest absolute Gasteiger partial charge is 0.490 e. The smallest absolute Gasteiger partial charge is 0.383 e. The van der Waals surface area contributed by atoms with Crippen molar-refractivity contribution >= 4 is 11.0 Å². The van der Waals surface area contributed by atoms with Crippen molar-refractivity contribution in [3.63, 3.8) is 0 Å². The highest BCUT2D eigenvalue weighted by atomic mass is 16.5. The van der Waals surface area contributed by atoms with Crippen LogP contribution in [0.3, 0.4) is 0 Å². The molecule has 1 heterocycles. The van der Waals surface area contributed by atoms with Gasteiger partial charge in [0.1, 0.15) is 13.2 Å². The lowest BCUT2D eigenvalue weighted by atomic mass is 10.1. The van der Waals surface area contributed by atoms with Crippen LogP contribution in [0, 0.1) is 0 Å². The summed E-state index contributed by atoms with van der Waals surface area (Å²) in [4.78, 5) is 13.3. The first-order valence-corrected chi connectivity index (χ1v) is 16.8. The summed E-state index contributed by atoms with van der Waals surface area (Å²) in [6.45, 7) is 16.1. The van der Waals surface area contributed by atoms with Gasteiger partial charge >= 0.3 is 5.63 Å². The molecule has 2 rings (SSSR count). The summed E-state index contributed by atoms with van der Waals surface area (Å²) in [7, 11) is 0. The minimum absolute atomic E-state index is 0.0988. The van der Waals surface area contributed by atoms with E-state index in [0.717, 1.165) is 38.5 Å². The molecule has 0 spiro atoms. The highest BCUT2D eigenvalue weighted by molar-refractivity contribution is 5.89. The molecular formula is C39H58O5. The summed E-state index contributed by atoms with van der Waals surface area (Å²) >= 11 is 0. The zero-order valence-electron chi connectivity index (χ0n) is 28.7. The second kappa shape index (κ2) is 21.5. The van der Waals surface area contributed by atoms with Crippen LogP contribution in [0.5, 0.6) is 17.2 Å². The fraction of sp³-hybridized carbons (Fsp3) is 0.564. The van der Waals surface area contributed by atoms with Crippen molar-refractivity contribution in [2.45, 2.75) is 126 Å².